The lowest BCUT2D eigenvalue weighted by atomic mass is 10.3. The average molecular weight is 174 g/mol. The highest BCUT2D eigenvalue weighted by Crippen LogP contribution is 2.09. The first-order valence-electron chi connectivity index (χ1n) is 3.48. The van der Waals surface area contributed by atoms with Gasteiger partial charge in [0.25, 0.3) is 0 Å². The van der Waals surface area contributed by atoms with Gasteiger partial charge in [-0.25, -0.2) is 4.98 Å². The Balaban J connectivity index is 2.77. The Morgan fingerprint density at radius 3 is 3.23 bits per heavy atom. The maximum absolute atomic E-state index is 9.20. The van der Waals surface area contributed by atoms with Gasteiger partial charge in [-0.15, -0.1) is 0 Å². The SMILES string of the molecule is [N-]=[N+]=NCC#Cc1ncccc1O. The number of nitrogens with zero attached hydrogens (tertiary/aromatic N) is 4. The first-order chi connectivity index (χ1) is 6.34. The molecule has 0 unspecified atom stereocenters. The lowest BCUT2D eigenvalue weighted by Crippen LogP contribution is -1.81. The van der Waals surface area contributed by atoms with Gasteiger partial charge in [-0.2, -0.15) is 0 Å². The number of azide groups is 1. The minimum Gasteiger partial charge on any atom is -0.505 e. The number of pyridine rings is 1. The second-order valence-electron chi connectivity index (χ2n) is 2.06. The Morgan fingerprint density at radius 2 is 2.54 bits per heavy atom. The van der Waals surface area contributed by atoms with Crippen LogP contribution in [-0.2, 0) is 0 Å². The van der Waals surface area contributed by atoms with E-state index in [0.29, 0.717) is 0 Å². The van der Waals surface area contributed by atoms with Gasteiger partial charge >= 0.3 is 0 Å². The van der Waals surface area contributed by atoms with Crippen molar-refractivity contribution in [2.45, 2.75) is 0 Å². The van der Waals surface area contributed by atoms with Gasteiger partial charge in [0.1, 0.15) is 5.75 Å². The molecular weight excluding hydrogens is 168 g/mol. The molecule has 0 radical (unpaired) electrons. The fraction of sp³-hybridized carbons (Fsp3) is 0.125. The maximum Gasteiger partial charge on any atom is 0.154 e. The molecule has 0 spiro atoms. The molecule has 0 amide bonds. The summed E-state index contributed by atoms with van der Waals surface area (Å²) in [6, 6.07) is 3.10. The molecule has 0 saturated heterocycles. The summed E-state index contributed by atoms with van der Waals surface area (Å²) in [7, 11) is 0. The monoisotopic (exact) mass is 174 g/mol. The maximum atomic E-state index is 9.20. The molecule has 0 atom stereocenters. The third kappa shape index (κ3) is 2.73. The fourth-order valence-electron chi connectivity index (χ4n) is 0.683. The fourth-order valence-corrected chi connectivity index (χ4v) is 0.683. The van der Waals surface area contributed by atoms with Crippen LogP contribution in [0.3, 0.4) is 0 Å². The molecule has 0 saturated carbocycles. The Morgan fingerprint density at radius 1 is 1.69 bits per heavy atom. The molecule has 0 aliphatic rings. The summed E-state index contributed by atoms with van der Waals surface area (Å²) in [4.78, 5) is 6.35. The van der Waals surface area contributed by atoms with Gasteiger partial charge in [-0.1, -0.05) is 11.0 Å². The first-order valence-corrected chi connectivity index (χ1v) is 3.48. The molecule has 5 nitrogen and oxygen atoms in total. The molecule has 1 aromatic heterocycles. The van der Waals surface area contributed by atoms with E-state index in [2.05, 4.69) is 26.9 Å². The van der Waals surface area contributed by atoms with E-state index in [1.807, 2.05) is 0 Å². The van der Waals surface area contributed by atoms with Crippen molar-refractivity contribution in [1.29, 1.82) is 0 Å². The van der Waals surface area contributed by atoms with Crippen molar-refractivity contribution in [3.63, 3.8) is 0 Å². The number of rotatable bonds is 1. The standard InChI is InChI=1S/C8H6N4O/c9-12-11-6-1-3-7-8(13)4-2-5-10-7/h2,4-5,13H,6H2. The predicted molar refractivity (Wildman–Crippen MR) is 46.8 cm³/mol. The number of hydrogen-bond acceptors (Lipinski definition) is 3. The molecule has 0 fully saturated rings. The topological polar surface area (TPSA) is 81.9 Å². The molecule has 64 valence electrons. The lowest BCUT2D eigenvalue weighted by molar-refractivity contribution is 0.471. The van der Waals surface area contributed by atoms with Crippen molar-refractivity contribution >= 4 is 0 Å². The number of hydrogen-bond donors (Lipinski definition) is 1. The second-order valence-corrected chi connectivity index (χ2v) is 2.06. The van der Waals surface area contributed by atoms with Gasteiger partial charge in [0.05, 0.1) is 6.54 Å². The zero-order valence-electron chi connectivity index (χ0n) is 6.68. The molecule has 13 heavy (non-hydrogen) atoms. The molecule has 0 aliphatic carbocycles. The molecule has 5 heteroatoms. The van der Waals surface area contributed by atoms with Crippen LogP contribution in [-0.4, -0.2) is 16.6 Å². The molecule has 1 heterocycles. The normalized spacial score (nSPS) is 8.00. The third-order valence-corrected chi connectivity index (χ3v) is 1.21. The van der Waals surface area contributed by atoms with Crippen LogP contribution in [0.2, 0.25) is 0 Å². The molecule has 0 aliphatic heterocycles. The summed E-state index contributed by atoms with van der Waals surface area (Å²) >= 11 is 0. The molecule has 0 aromatic carbocycles. The quantitative estimate of drug-likeness (QED) is 0.302. The van der Waals surface area contributed by atoms with Crippen LogP contribution in [0, 0.1) is 11.8 Å². The predicted octanol–water partition coefficient (Wildman–Crippen LogP) is 1.45. The molecule has 0 bridgehead atoms. The summed E-state index contributed by atoms with van der Waals surface area (Å²) in [5.74, 6) is 5.15. The van der Waals surface area contributed by atoms with Crippen molar-refractivity contribution in [1.82, 2.24) is 4.98 Å². The highest BCUT2D eigenvalue weighted by molar-refractivity contribution is 5.39. The van der Waals surface area contributed by atoms with Gasteiger partial charge in [0, 0.05) is 11.1 Å². The minimum absolute atomic E-state index is 0.0240. The summed E-state index contributed by atoms with van der Waals surface area (Å²) in [5, 5.41) is 12.4. The lowest BCUT2D eigenvalue weighted by Gasteiger charge is -1.91. The van der Waals surface area contributed by atoms with Crippen molar-refractivity contribution < 1.29 is 5.11 Å². The van der Waals surface area contributed by atoms with Gasteiger partial charge in [-0.05, 0) is 23.6 Å². The Kier molecular flexibility index (Phi) is 3.19. The molecule has 1 N–H and O–H groups in total. The summed E-state index contributed by atoms with van der Waals surface area (Å²) < 4.78 is 0. The van der Waals surface area contributed by atoms with Crippen LogP contribution in [0.25, 0.3) is 10.4 Å². The van der Waals surface area contributed by atoms with Gasteiger partial charge in [0.15, 0.2) is 5.69 Å². The van der Waals surface area contributed by atoms with Crippen molar-refractivity contribution in [2.75, 3.05) is 6.54 Å². The highest BCUT2D eigenvalue weighted by atomic mass is 16.3. The van der Waals surface area contributed by atoms with Crippen LogP contribution in [0.5, 0.6) is 5.75 Å². The molecule has 1 aromatic rings. The van der Waals surface area contributed by atoms with Crippen LogP contribution in [0.15, 0.2) is 23.4 Å². The molecular formula is C8H6N4O. The zero-order valence-corrected chi connectivity index (χ0v) is 6.68. The first kappa shape index (κ1) is 8.91. The van der Waals surface area contributed by atoms with Gasteiger partial charge in [0.2, 0.25) is 0 Å². The highest BCUT2D eigenvalue weighted by Gasteiger charge is 1.93. The number of aromatic hydroxyl groups is 1. The molecule has 1 rings (SSSR count). The van der Waals surface area contributed by atoms with Crippen LogP contribution < -0.4 is 0 Å². The van der Waals surface area contributed by atoms with Crippen LogP contribution in [0.1, 0.15) is 5.69 Å². The Bertz CT molecular complexity index is 398. The zero-order chi connectivity index (χ0) is 9.52. The average Bonchev–Trinajstić information content (AvgIpc) is 2.15. The smallest absolute Gasteiger partial charge is 0.154 e. The summed E-state index contributed by atoms with van der Waals surface area (Å²) in [6.45, 7) is 0.0759. The van der Waals surface area contributed by atoms with Crippen molar-refractivity contribution in [3.05, 3.63) is 34.5 Å². The Labute approximate surface area is 74.7 Å². The largest absolute Gasteiger partial charge is 0.505 e. The van der Waals surface area contributed by atoms with E-state index < -0.39 is 0 Å². The van der Waals surface area contributed by atoms with Crippen LogP contribution in [0.4, 0.5) is 0 Å². The van der Waals surface area contributed by atoms with Crippen LogP contribution >= 0.6 is 0 Å². The van der Waals surface area contributed by atoms with E-state index in [9.17, 15) is 5.11 Å². The van der Waals surface area contributed by atoms with Gasteiger partial charge in [-0.3, -0.25) is 0 Å². The summed E-state index contributed by atoms with van der Waals surface area (Å²) in [6.07, 6.45) is 1.53. The van der Waals surface area contributed by atoms with E-state index in [1.165, 1.54) is 12.3 Å². The van der Waals surface area contributed by atoms with Gasteiger partial charge < -0.3 is 5.11 Å². The minimum atomic E-state index is 0.0240. The van der Waals surface area contributed by atoms with E-state index in [0.717, 1.165) is 0 Å². The third-order valence-electron chi connectivity index (χ3n) is 1.21. The van der Waals surface area contributed by atoms with E-state index in [-0.39, 0.29) is 18.0 Å². The second kappa shape index (κ2) is 4.65. The number of aromatic nitrogens is 1. The van der Waals surface area contributed by atoms with E-state index in [4.69, 9.17) is 5.53 Å². The van der Waals surface area contributed by atoms with E-state index >= 15 is 0 Å². The van der Waals surface area contributed by atoms with Crippen molar-refractivity contribution in [3.8, 4) is 17.6 Å². The van der Waals surface area contributed by atoms with Crippen molar-refractivity contribution in [2.24, 2.45) is 5.11 Å². The summed E-state index contributed by atoms with van der Waals surface area (Å²) in [5.41, 5.74) is 8.23. The van der Waals surface area contributed by atoms with E-state index in [1.54, 1.807) is 6.07 Å². The Hall–Kier alpha value is -2.18.